The van der Waals surface area contributed by atoms with Crippen LogP contribution in [0.25, 0.3) is 0 Å². The number of nitrogens with one attached hydrogen (secondary N) is 1. The Morgan fingerprint density at radius 3 is 3.07 bits per heavy atom. The standard InChI is InChI=1S/C10H14N2O2/c1-8-4-6-11-9(7-8)3-2-5-12-10(13)14/h4,6-7,12H,2-3,5H2,1H3,(H,13,14). The Morgan fingerprint density at radius 2 is 2.43 bits per heavy atom. The van der Waals surface area contributed by atoms with E-state index in [1.165, 1.54) is 5.56 Å². The fourth-order valence-corrected chi connectivity index (χ4v) is 1.20. The number of pyridine rings is 1. The molecule has 0 radical (unpaired) electrons. The summed E-state index contributed by atoms with van der Waals surface area (Å²) >= 11 is 0. The average molecular weight is 194 g/mol. The molecule has 0 aliphatic heterocycles. The molecule has 4 heteroatoms. The lowest BCUT2D eigenvalue weighted by molar-refractivity contribution is 0.194. The molecule has 0 bridgehead atoms. The van der Waals surface area contributed by atoms with Crippen molar-refractivity contribution in [3.63, 3.8) is 0 Å². The number of amides is 1. The zero-order valence-electron chi connectivity index (χ0n) is 8.16. The summed E-state index contributed by atoms with van der Waals surface area (Å²) in [5, 5.41) is 10.6. The number of nitrogens with zero attached hydrogens (tertiary/aromatic N) is 1. The van der Waals surface area contributed by atoms with Crippen LogP contribution in [0.5, 0.6) is 0 Å². The lowest BCUT2D eigenvalue weighted by atomic mass is 10.2. The molecule has 0 unspecified atom stereocenters. The lowest BCUT2D eigenvalue weighted by Crippen LogP contribution is -2.22. The van der Waals surface area contributed by atoms with E-state index < -0.39 is 6.09 Å². The smallest absolute Gasteiger partial charge is 0.404 e. The summed E-state index contributed by atoms with van der Waals surface area (Å²) in [5.41, 5.74) is 2.19. The van der Waals surface area contributed by atoms with Gasteiger partial charge in [-0.3, -0.25) is 4.98 Å². The maximum Gasteiger partial charge on any atom is 0.404 e. The number of hydrogen-bond donors (Lipinski definition) is 2. The maximum atomic E-state index is 10.1. The highest BCUT2D eigenvalue weighted by Gasteiger charge is 1.96. The van der Waals surface area contributed by atoms with E-state index in [0.717, 1.165) is 18.5 Å². The first-order chi connectivity index (χ1) is 6.68. The Morgan fingerprint density at radius 1 is 1.64 bits per heavy atom. The normalized spacial score (nSPS) is 9.79. The minimum absolute atomic E-state index is 0.477. The van der Waals surface area contributed by atoms with Crippen LogP contribution in [-0.2, 0) is 6.42 Å². The van der Waals surface area contributed by atoms with Gasteiger partial charge in [0.25, 0.3) is 0 Å². The number of rotatable bonds is 4. The van der Waals surface area contributed by atoms with Gasteiger partial charge >= 0.3 is 6.09 Å². The van der Waals surface area contributed by atoms with Crippen LogP contribution in [0.15, 0.2) is 18.3 Å². The first-order valence-electron chi connectivity index (χ1n) is 4.57. The predicted molar refractivity (Wildman–Crippen MR) is 53.3 cm³/mol. The summed E-state index contributed by atoms with van der Waals surface area (Å²) in [6, 6.07) is 3.96. The number of aryl methyl sites for hydroxylation is 2. The largest absolute Gasteiger partial charge is 0.465 e. The van der Waals surface area contributed by atoms with Crippen LogP contribution in [0.1, 0.15) is 17.7 Å². The molecule has 1 aromatic rings. The van der Waals surface area contributed by atoms with E-state index >= 15 is 0 Å². The van der Waals surface area contributed by atoms with Gasteiger partial charge in [-0.1, -0.05) is 0 Å². The van der Waals surface area contributed by atoms with Crippen LogP contribution in [0.4, 0.5) is 4.79 Å². The molecule has 0 spiro atoms. The highest BCUT2D eigenvalue weighted by Crippen LogP contribution is 2.02. The second kappa shape index (κ2) is 5.21. The molecular formula is C10H14N2O2. The lowest BCUT2D eigenvalue weighted by Gasteiger charge is -2.01. The summed E-state index contributed by atoms with van der Waals surface area (Å²) in [7, 11) is 0. The SMILES string of the molecule is Cc1ccnc(CCCNC(=O)O)c1. The molecule has 0 aromatic carbocycles. The molecule has 0 saturated carbocycles. The number of hydrogen-bond acceptors (Lipinski definition) is 2. The zero-order chi connectivity index (χ0) is 10.4. The summed E-state index contributed by atoms with van der Waals surface area (Å²) in [6.45, 7) is 2.49. The van der Waals surface area contributed by atoms with Crippen molar-refractivity contribution in [2.75, 3.05) is 6.54 Å². The molecule has 0 aliphatic carbocycles. The Kier molecular flexibility index (Phi) is 3.91. The van der Waals surface area contributed by atoms with Crippen molar-refractivity contribution in [1.29, 1.82) is 0 Å². The Bertz CT molecular complexity index is 313. The van der Waals surface area contributed by atoms with Crippen LogP contribution >= 0.6 is 0 Å². The molecular weight excluding hydrogens is 180 g/mol. The van der Waals surface area contributed by atoms with Gasteiger partial charge < -0.3 is 10.4 Å². The van der Waals surface area contributed by atoms with E-state index in [4.69, 9.17) is 5.11 Å². The summed E-state index contributed by atoms with van der Waals surface area (Å²) in [5.74, 6) is 0. The number of aromatic nitrogens is 1. The third kappa shape index (κ3) is 3.89. The average Bonchev–Trinajstić information content (AvgIpc) is 2.12. The van der Waals surface area contributed by atoms with Crippen molar-refractivity contribution < 1.29 is 9.90 Å². The van der Waals surface area contributed by atoms with Gasteiger partial charge in [0.2, 0.25) is 0 Å². The molecule has 0 aliphatic rings. The fourth-order valence-electron chi connectivity index (χ4n) is 1.20. The maximum absolute atomic E-state index is 10.1. The third-order valence-electron chi connectivity index (χ3n) is 1.86. The van der Waals surface area contributed by atoms with Gasteiger partial charge in [0, 0.05) is 18.4 Å². The minimum atomic E-state index is -0.970. The van der Waals surface area contributed by atoms with Crippen molar-refractivity contribution in [2.45, 2.75) is 19.8 Å². The molecule has 1 aromatic heterocycles. The quantitative estimate of drug-likeness (QED) is 0.715. The van der Waals surface area contributed by atoms with Crippen molar-refractivity contribution in [1.82, 2.24) is 10.3 Å². The third-order valence-corrected chi connectivity index (χ3v) is 1.86. The minimum Gasteiger partial charge on any atom is -0.465 e. The van der Waals surface area contributed by atoms with E-state index in [1.54, 1.807) is 6.20 Å². The summed E-state index contributed by atoms with van der Waals surface area (Å²) < 4.78 is 0. The predicted octanol–water partition coefficient (Wildman–Crippen LogP) is 1.59. The molecule has 1 heterocycles. The van der Waals surface area contributed by atoms with Gasteiger partial charge in [-0.25, -0.2) is 4.79 Å². The monoisotopic (exact) mass is 194 g/mol. The molecule has 14 heavy (non-hydrogen) atoms. The topological polar surface area (TPSA) is 62.2 Å². The van der Waals surface area contributed by atoms with Crippen LogP contribution in [-0.4, -0.2) is 22.7 Å². The Balaban J connectivity index is 2.28. The van der Waals surface area contributed by atoms with Crippen molar-refractivity contribution in [3.05, 3.63) is 29.6 Å². The van der Waals surface area contributed by atoms with E-state index in [-0.39, 0.29) is 0 Å². The molecule has 2 N–H and O–H groups in total. The Labute approximate surface area is 83.0 Å². The van der Waals surface area contributed by atoms with Crippen LogP contribution < -0.4 is 5.32 Å². The molecule has 0 atom stereocenters. The van der Waals surface area contributed by atoms with Gasteiger partial charge in [-0.2, -0.15) is 0 Å². The highest BCUT2D eigenvalue weighted by molar-refractivity contribution is 5.64. The molecule has 0 saturated heterocycles. The fraction of sp³-hybridized carbons (Fsp3) is 0.400. The van der Waals surface area contributed by atoms with Gasteiger partial charge in [0.15, 0.2) is 0 Å². The molecule has 4 nitrogen and oxygen atoms in total. The van der Waals surface area contributed by atoms with Crippen molar-refractivity contribution in [3.8, 4) is 0 Å². The number of carbonyl (C=O) groups is 1. The second-order valence-electron chi connectivity index (χ2n) is 3.16. The molecule has 1 rings (SSSR count). The molecule has 76 valence electrons. The summed E-state index contributed by atoms with van der Waals surface area (Å²) in [6.07, 6.45) is 2.39. The van der Waals surface area contributed by atoms with E-state index in [0.29, 0.717) is 6.54 Å². The molecule has 1 amide bonds. The first kappa shape index (κ1) is 10.5. The van der Waals surface area contributed by atoms with Crippen molar-refractivity contribution in [2.24, 2.45) is 0 Å². The van der Waals surface area contributed by atoms with Gasteiger partial charge in [0.05, 0.1) is 0 Å². The van der Waals surface area contributed by atoms with Crippen LogP contribution in [0.3, 0.4) is 0 Å². The molecule has 0 fully saturated rings. The van der Waals surface area contributed by atoms with Crippen molar-refractivity contribution >= 4 is 6.09 Å². The van der Waals surface area contributed by atoms with Crippen LogP contribution in [0.2, 0.25) is 0 Å². The van der Waals surface area contributed by atoms with Gasteiger partial charge in [-0.15, -0.1) is 0 Å². The van der Waals surface area contributed by atoms with Crippen LogP contribution in [0, 0.1) is 6.92 Å². The second-order valence-corrected chi connectivity index (χ2v) is 3.16. The first-order valence-corrected chi connectivity index (χ1v) is 4.57. The highest BCUT2D eigenvalue weighted by atomic mass is 16.4. The Hall–Kier alpha value is -1.58. The summed E-state index contributed by atoms with van der Waals surface area (Å²) in [4.78, 5) is 14.3. The van der Waals surface area contributed by atoms with E-state index in [9.17, 15) is 4.79 Å². The number of carboxylic acid groups (broad SMARTS) is 1. The van der Waals surface area contributed by atoms with Gasteiger partial charge in [-0.05, 0) is 37.5 Å². The van der Waals surface area contributed by atoms with E-state index in [1.807, 2.05) is 19.1 Å². The zero-order valence-corrected chi connectivity index (χ0v) is 8.16. The van der Waals surface area contributed by atoms with Gasteiger partial charge in [0.1, 0.15) is 0 Å². The van der Waals surface area contributed by atoms with E-state index in [2.05, 4.69) is 10.3 Å².